The highest BCUT2D eigenvalue weighted by Crippen LogP contribution is 2.25. The summed E-state index contributed by atoms with van der Waals surface area (Å²) in [6.45, 7) is 4.68. The second-order valence-electron chi connectivity index (χ2n) is 7.58. The van der Waals surface area contributed by atoms with Crippen LogP contribution in [0.1, 0.15) is 42.1 Å². The maximum absolute atomic E-state index is 14.4. The molecule has 0 spiro atoms. The molecule has 0 bridgehead atoms. The summed E-state index contributed by atoms with van der Waals surface area (Å²) in [5.74, 6) is -1.58. The number of halogens is 1. The van der Waals surface area contributed by atoms with E-state index in [1.54, 1.807) is 6.92 Å². The molecule has 6 heteroatoms. The SMILES string of the molecule is CCOC(=O)c1cccc(F)c1NC(=O)C[N+]1(Cc2ccccc2)CCCCC1. The van der Waals surface area contributed by atoms with Crippen molar-refractivity contribution >= 4 is 17.6 Å². The van der Waals surface area contributed by atoms with Crippen LogP contribution in [0.25, 0.3) is 0 Å². The third-order valence-electron chi connectivity index (χ3n) is 5.38. The molecule has 1 aliphatic rings. The first-order chi connectivity index (χ1) is 14.0. The first-order valence-electron chi connectivity index (χ1n) is 10.2. The number of carbonyl (C=O) groups excluding carboxylic acids is 2. The zero-order valence-electron chi connectivity index (χ0n) is 16.8. The average Bonchev–Trinajstić information content (AvgIpc) is 2.71. The van der Waals surface area contributed by atoms with Gasteiger partial charge in [-0.25, -0.2) is 9.18 Å². The van der Waals surface area contributed by atoms with Gasteiger partial charge in [-0.05, 0) is 38.3 Å². The molecule has 3 rings (SSSR count). The minimum atomic E-state index is -0.645. The molecule has 0 unspecified atom stereocenters. The summed E-state index contributed by atoms with van der Waals surface area (Å²) in [5.41, 5.74) is 1.11. The van der Waals surface area contributed by atoms with E-state index in [2.05, 4.69) is 17.4 Å². The van der Waals surface area contributed by atoms with Gasteiger partial charge < -0.3 is 14.5 Å². The molecule has 154 valence electrons. The average molecular weight is 399 g/mol. The van der Waals surface area contributed by atoms with E-state index in [0.717, 1.165) is 38.9 Å². The monoisotopic (exact) mass is 399 g/mol. The number of ether oxygens (including phenoxy) is 1. The van der Waals surface area contributed by atoms with E-state index < -0.39 is 11.8 Å². The van der Waals surface area contributed by atoms with Crippen molar-refractivity contribution in [3.8, 4) is 0 Å². The van der Waals surface area contributed by atoms with Crippen molar-refractivity contribution in [3.63, 3.8) is 0 Å². The van der Waals surface area contributed by atoms with Gasteiger partial charge in [0.25, 0.3) is 5.91 Å². The Morgan fingerprint density at radius 3 is 2.45 bits per heavy atom. The van der Waals surface area contributed by atoms with Crippen molar-refractivity contribution in [3.05, 3.63) is 65.5 Å². The second kappa shape index (κ2) is 9.65. The van der Waals surface area contributed by atoms with E-state index in [1.807, 2.05) is 18.2 Å². The van der Waals surface area contributed by atoms with Gasteiger partial charge in [0.2, 0.25) is 0 Å². The van der Waals surface area contributed by atoms with Gasteiger partial charge in [0.05, 0.1) is 30.9 Å². The van der Waals surface area contributed by atoms with Gasteiger partial charge in [0.15, 0.2) is 6.54 Å². The van der Waals surface area contributed by atoms with E-state index in [4.69, 9.17) is 4.74 Å². The Bertz CT molecular complexity index is 848. The van der Waals surface area contributed by atoms with Crippen molar-refractivity contribution in [1.29, 1.82) is 0 Å². The molecule has 1 aliphatic heterocycles. The third-order valence-corrected chi connectivity index (χ3v) is 5.38. The van der Waals surface area contributed by atoms with Crippen LogP contribution in [0.2, 0.25) is 0 Å². The van der Waals surface area contributed by atoms with Crippen molar-refractivity contribution in [1.82, 2.24) is 0 Å². The molecule has 5 nitrogen and oxygen atoms in total. The lowest BCUT2D eigenvalue weighted by Crippen LogP contribution is -2.54. The highest BCUT2D eigenvalue weighted by Gasteiger charge is 2.33. The van der Waals surface area contributed by atoms with E-state index in [9.17, 15) is 14.0 Å². The van der Waals surface area contributed by atoms with Gasteiger partial charge in [-0.1, -0.05) is 36.4 Å². The largest absolute Gasteiger partial charge is 0.462 e. The van der Waals surface area contributed by atoms with Crippen LogP contribution < -0.4 is 5.32 Å². The van der Waals surface area contributed by atoms with E-state index >= 15 is 0 Å². The predicted molar refractivity (Wildman–Crippen MR) is 110 cm³/mol. The number of anilines is 1. The number of benzene rings is 2. The molecule has 0 saturated carbocycles. The predicted octanol–water partition coefficient (Wildman–Crippen LogP) is 4.14. The number of esters is 1. The molecule has 0 atom stereocenters. The molecule has 2 aromatic carbocycles. The van der Waals surface area contributed by atoms with Gasteiger partial charge in [0, 0.05) is 5.56 Å². The highest BCUT2D eigenvalue weighted by molar-refractivity contribution is 6.01. The van der Waals surface area contributed by atoms with E-state index in [-0.39, 0.29) is 30.3 Å². The van der Waals surface area contributed by atoms with Crippen LogP contribution in [0.3, 0.4) is 0 Å². The van der Waals surface area contributed by atoms with Crippen LogP contribution in [0.5, 0.6) is 0 Å². The van der Waals surface area contributed by atoms with Crippen molar-refractivity contribution in [2.45, 2.75) is 32.7 Å². The van der Waals surface area contributed by atoms with Crippen LogP contribution in [0, 0.1) is 5.82 Å². The summed E-state index contributed by atoms with van der Waals surface area (Å²) >= 11 is 0. The standard InChI is InChI=1S/C23H27FN2O3/c1-2-29-23(28)19-12-9-13-20(24)22(19)25-21(27)17-26(14-7-4-8-15-26)16-18-10-5-3-6-11-18/h3,5-6,9-13H,2,4,7-8,14-17H2,1H3/p+1. The Kier molecular flexibility index (Phi) is 6.99. The Hall–Kier alpha value is -2.73. The molecular formula is C23H28FN2O3+. The first-order valence-corrected chi connectivity index (χ1v) is 10.2. The Morgan fingerprint density at radius 2 is 1.76 bits per heavy atom. The van der Waals surface area contributed by atoms with Gasteiger partial charge in [-0.3, -0.25) is 4.79 Å². The molecule has 1 fully saturated rings. The Labute approximate surface area is 171 Å². The van der Waals surface area contributed by atoms with Crippen LogP contribution in [0.15, 0.2) is 48.5 Å². The van der Waals surface area contributed by atoms with Crippen LogP contribution >= 0.6 is 0 Å². The summed E-state index contributed by atoms with van der Waals surface area (Å²) in [4.78, 5) is 25.1. The molecule has 0 aromatic heterocycles. The molecule has 1 amide bonds. The number of nitrogens with one attached hydrogen (secondary N) is 1. The molecule has 1 heterocycles. The summed E-state index contributed by atoms with van der Waals surface area (Å²) < 4.78 is 20.0. The summed E-state index contributed by atoms with van der Waals surface area (Å²) in [6, 6.07) is 14.3. The van der Waals surface area contributed by atoms with E-state index in [0.29, 0.717) is 4.48 Å². The van der Waals surface area contributed by atoms with Crippen LogP contribution in [-0.2, 0) is 16.1 Å². The van der Waals surface area contributed by atoms with Gasteiger partial charge in [0.1, 0.15) is 12.4 Å². The zero-order chi connectivity index (χ0) is 20.7. The maximum atomic E-state index is 14.4. The van der Waals surface area contributed by atoms with Crippen molar-refractivity contribution in [2.24, 2.45) is 0 Å². The number of amides is 1. The fourth-order valence-electron chi connectivity index (χ4n) is 4.04. The number of quaternary nitrogens is 1. The molecule has 1 saturated heterocycles. The number of hydrogen-bond donors (Lipinski definition) is 1. The fraction of sp³-hybridized carbons (Fsp3) is 0.391. The number of hydrogen-bond acceptors (Lipinski definition) is 3. The summed E-state index contributed by atoms with van der Waals surface area (Å²) in [5, 5.41) is 2.65. The van der Waals surface area contributed by atoms with Crippen LogP contribution in [-0.4, -0.2) is 42.6 Å². The molecular weight excluding hydrogens is 371 g/mol. The molecule has 0 radical (unpaired) electrons. The summed E-state index contributed by atoms with van der Waals surface area (Å²) in [7, 11) is 0. The normalized spacial score (nSPS) is 15.5. The Morgan fingerprint density at radius 1 is 1.03 bits per heavy atom. The topological polar surface area (TPSA) is 55.4 Å². The lowest BCUT2D eigenvalue weighted by Gasteiger charge is -2.41. The lowest BCUT2D eigenvalue weighted by atomic mass is 10.0. The lowest BCUT2D eigenvalue weighted by molar-refractivity contribution is -0.937. The quantitative estimate of drug-likeness (QED) is 0.562. The number of likely N-dealkylation sites (tertiary alicyclic amines) is 1. The van der Waals surface area contributed by atoms with Gasteiger partial charge >= 0.3 is 5.97 Å². The van der Waals surface area contributed by atoms with Gasteiger partial charge in [-0.15, -0.1) is 0 Å². The third kappa shape index (κ3) is 5.41. The number of rotatable bonds is 7. The number of carbonyl (C=O) groups is 2. The molecule has 29 heavy (non-hydrogen) atoms. The maximum Gasteiger partial charge on any atom is 0.340 e. The minimum absolute atomic E-state index is 0.0356. The second-order valence-corrected chi connectivity index (χ2v) is 7.58. The minimum Gasteiger partial charge on any atom is -0.462 e. The van der Waals surface area contributed by atoms with E-state index in [1.165, 1.54) is 23.8 Å². The number of nitrogens with zero attached hydrogens (tertiary/aromatic N) is 1. The fourth-order valence-corrected chi connectivity index (χ4v) is 4.04. The Balaban J connectivity index is 1.78. The van der Waals surface area contributed by atoms with Crippen LogP contribution in [0.4, 0.5) is 10.1 Å². The molecule has 2 aromatic rings. The molecule has 1 N–H and O–H groups in total. The van der Waals surface area contributed by atoms with Gasteiger partial charge in [-0.2, -0.15) is 0 Å². The van der Waals surface area contributed by atoms with Crippen molar-refractivity contribution in [2.75, 3.05) is 31.6 Å². The number of piperidine rings is 1. The highest BCUT2D eigenvalue weighted by atomic mass is 19.1. The summed E-state index contributed by atoms with van der Waals surface area (Å²) in [6.07, 6.45) is 3.29. The number of para-hydroxylation sites is 1. The zero-order valence-corrected chi connectivity index (χ0v) is 16.8. The van der Waals surface area contributed by atoms with Crippen molar-refractivity contribution < 1.29 is 23.2 Å². The molecule has 0 aliphatic carbocycles. The smallest absolute Gasteiger partial charge is 0.340 e. The first kappa shape index (κ1) is 21.0.